The van der Waals surface area contributed by atoms with Gasteiger partial charge < -0.3 is 14.6 Å². The van der Waals surface area contributed by atoms with Crippen molar-refractivity contribution in [1.82, 2.24) is 0 Å². The molecule has 6 heteroatoms. The molecule has 0 spiro atoms. The molecule has 0 aliphatic carbocycles. The van der Waals surface area contributed by atoms with Crippen molar-refractivity contribution in [2.24, 2.45) is 0 Å². The highest BCUT2D eigenvalue weighted by molar-refractivity contribution is 5.69. The van der Waals surface area contributed by atoms with Gasteiger partial charge in [-0.1, -0.05) is 12.1 Å². The summed E-state index contributed by atoms with van der Waals surface area (Å²) in [6.07, 6.45) is -4.51. The van der Waals surface area contributed by atoms with E-state index < -0.39 is 11.7 Å². The molecule has 0 unspecified atom stereocenters. The number of halogens is 3. The molecule has 1 N–H and O–H groups in total. The highest BCUT2D eigenvalue weighted by Crippen LogP contribution is 2.39. The van der Waals surface area contributed by atoms with Crippen molar-refractivity contribution in [2.45, 2.75) is 6.18 Å². The summed E-state index contributed by atoms with van der Waals surface area (Å²) in [5.41, 5.74) is -0.00577. The van der Waals surface area contributed by atoms with E-state index in [0.717, 1.165) is 6.07 Å². The molecule has 0 aromatic heterocycles. The zero-order valence-electron chi connectivity index (χ0n) is 11.4. The molecule has 0 fully saturated rings. The molecule has 0 bridgehead atoms. The van der Waals surface area contributed by atoms with Crippen LogP contribution >= 0.6 is 0 Å². The standard InChI is InChI=1S/C15H13F3O3/c1-20-13-6-4-9(7-11(13)15(16,17)18)10-3-5-12(19)14(8-10)21-2/h3-8,19H,1-2H3. The van der Waals surface area contributed by atoms with Crippen LogP contribution in [0.1, 0.15) is 5.56 Å². The fourth-order valence-electron chi connectivity index (χ4n) is 1.97. The molecule has 2 aromatic carbocycles. The number of benzene rings is 2. The molecule has 0 saturated heterocycles. The van der Waals surface area contributed by atoms with Gasteiger partial charge in [0.15, 0.2) is 11.5 Å². The summed E-state index contributed by atoms with van der Waals surface area (Å²) >= 11 is 0. The van der Waals surface area contributed by atoms with Gasteiger partial charge in [0, 0.05) is 0 Å². The molecule has 0 heterocycles. The molecule has 0 aliphatic heterocycles. The lowest BCUT2D eigenvalue weighted by Crippen LogP contribution is -2.07. The number of phenols is 1. The van der Waals surface area contributed by atoms with Gasteiger partial charge in [0.2, 0.25) is 0 Å². The zero-order chi connectivity index (χ0) is 15.6. The second kappa shape index (κ2) is 5.55. The van der Waals surface area contributed by atoms with Crippen LogP contribution in [0.25, 0.3) is 11.1 Å². The Labute approximate surface area is 119 Å². The van der Waals surface area contributed by atoms with E-state index in [2.05, 4.69) is 0 Å². The summed E-state index contributed by atoms with van der Waals surface area (Å²) in [5.74, 6) is -0.125. The van der Waals surface area contributed by atoms with Gasteiger partial charge in [-0.15, -0.1) is 0 Å². The Morgan fingerprint density at radius 1 is 0.857 bits per heavy atom. The molecule has 0 amide bonds. The van der Waals surface area contributed by atoms with E-state index in [4.69, 9.17) is 9.47 Å². The van der Waals surface area contributed by atoms with E-state index >= 15 is 0 Å². The predicted octanol–water partition coefficient (Wildman–Crippen LogP) is 4.10. The van der Waals surface area contributed by atoms with Gasteiger partial charge in [-0.05, 0) is 35.4 Å². The molecule has 0 saturated carbocycles. The van der Waals surface area contributed by atoms with Crippen molar-refractivity contribution < 1.29 is 27.8 Å². The molecule has 2 aromatic rings. The lowest BCUT2D eigenvalue weighted by Gasteiger charge is -2.14. The average Bonchev–Trinajstić information content (AvgIpc) is 2.46. The Hall–Kier alpha value is -2.37. The van der Waals surface area contributed by atoms with Crippen molar-refractivity contribution in [2.75, 3.05) is 14.2 Å². The zero-order valence-corrected chi connectivity index (χ0v) is 11.4. The van der Waals surface area contributed by atoms with Crippen molar-refractivity contribution in [3.8, 4) is 28.4 Å². The third kappa shape index (κ3) is 3.04. The van der Waals surface area contributed by atoms with E-state index in [1.807, 2.05) is 0 Å². The maximum Gasteiger partial charge on any atom is 0.419 e. The predicted molar refractivity (Wildman–Crippen MR) is 71.6 cm³/mol. The molecule has 0 aliphatic rings. The van der Waals surface area contributed by atoms with Crippen molar-refractivity contribution >= 4 is 0 Å². The molecular formula is C15H13F3O3. The summed E-state index contributed by atoms with van der Waals surface area (Å²) < 4.78 is 48.7. The Morgan fingerprint density at radius 2 is 1.43 bits per heavy atom. The Balaban J connectivity index is 2.55. The van der Waals surface area contributed by atoms with Crippen LogP contribution in [0.3, 0.4) is 0 Å². The third-order valence-electron chi connectivity index (χ3n) is 3.02. The van der Waals surface area contributed by atoms with Gasteiger partial charge in [0.05, 0.1) is 19.8 Å². The SMILES string of the molecule is COc1cc(-c2ccc(OC)c(C(F)(F)F)c2)ccc1O. The summed E-state index contributed by atoms with van der Waals surface area (Å²) in [6, 6.07) is 8.13. The molecule has 0 atom stereocenters. The number of alkyl halides is 3. The fourth-order valence-corrected chi connectivity index (χ4v) is 1.97. The maximum absolute atomic E-state index is 13.0. The van der Waals surface area contributed by atoms with Crippen LogP contribution in [0.4, 0.5) is 13.2 Å². The van der Waals surface area contributed by atoms with Crippen LogP contribution in [0.15, 0.2) is 36.4 Å². The fraction of sp³-hybridized carbons (Fsp3) is 0.200. The highest BCUT2D eigenvalue weighted by Gasteiger charge is 2.34. The molecule has 112 valence electrons. The van der Waals surface area contributed by atoms with Crippen molar-refractivity contribution in [3.05, 3.63) is 42.0 Å². The summed E-state index contributed by atoms with van der Waals surface area (Å²) in [7, 11) is 2.56. The minimum Gasteiger partial charge on any atom is -0.504 e. The minimum atomic E-state index is -4.51. The van der Waals surface area contributed by atoms with Crippen LogP contribution in [-0.4, -0.2) is 19.3 Å². The van der Waals surface area contributed by atoms with E-state index in [1.54, 1.807) is 0 Å². The molecule has 2 rings (SSSR count). The molecule has 21 heavy (non-hydrogen) atoms. The number of ether oxygens (including phenoxy) is 2. The minimum absolute atomic E-state index is 0.0780. The van der Waals surface area contributed by atoms with Gasteiger partial charge in [-0.25, -0.2) is 0 Å². The van der Waals surface area contributed by atoms with E-state index in [-0.39, 0.29) is 17.2 Å². The number of methoxy groups -OCH3 is 2. The highest BCUT2D eigenvalue weighted by atomic mass is 19.4. The molecule has 0 radical (unpaired) electrons. The van der Waals surface area contributed by atoms with E-state index in [0.29, 0.717) is 11.1 Å². The Kier molecular flexibility index (Phi) is 3.97. The van der Waals surface area contributed by atoms with Crippen LogP contribution in [0.2, 0.25) is 0 Å². The van der Waals surface area contributed by atoms with Gasteiger partial charge in [0.25, 0.3) is 0 Å². The normalized spacial score (nSPS) is 11.3. The number of hydrogen-bond acceptors (Lipinski definition) is 3. The largest absolute Gasteiger partial charge is 0.504 e. The lowest BCUT2D eigenvalue weighted by molar-refractivity contribution is -0.138. The summed E-state index contributed by atoms with van der Waals surface area (Å²) in [5, 5.41) is 9.52. The first kappa shape index (κ1) is 15.0. The van der Waals surface area contributed by atoms with Crippen molar-refractivity contribution in [3.63, 3.8) is 0 Å². The van der Waals surface area contributed by atoms with Crippen molar-refractivity contribution in [1.29, 1.82) is 0 Å². The van der Waals surface area contributed by atoms with E-state index in [1.165, 1.54) is 44.6 Å². The summed E-state index contributed by atoms with van der Waals surface area (Å²) in [6.45, 7) is 0. The topological polar surface area (TPSA) is 38.7 Å². The number of phenolic OH excluding ortho intramolecular Hbond substituents is 1. The van der Waals surface area contributed by atoms with Gasteiger partial charge >= 0.3 is 6.18 Å². The summed E-state index contributed by atoms with van der Waals surface area (Å²) in [4.78, 5) is 0. The second-order valence-corrected chi connectivity index (χ2v) is 4.30. The second-order valence-electron chi connectivity index (χ2n) is 4.30. The monoisotopic (exact) mass is 298 g/mol. The first-order valence-electron chi connectivity index (χ1n) is 5.99. The third-order valence-corrected chi connectivity index (χ3v) is 3.02. The Bertz CT molecular complexity index is 651. The number of hydrogen-bond donors (Lipinski definition) is 1. The van der Waals surface area contributed by atoms with E-state index in [9.17, 15) is 18.3 Å². The number of rotatable bonds is 3. The average molecular weight is 298 g/mol. The van der Waals surface area contributed by atoms with Crippen LogP contribution in [-0.2, 0) is 6.18 Å². The quantitative estimate of drug-likeness (QED) is 0.927. The maximum atomic E-state index is 13.0. The van der Waals surface area contributed by atoms with Gasteiger partial charge in [-0.3, -0.25) is 0 Å². The first-order valence-corrected chi connectivity index (χ1v) is 5.99. The molecular weight excluding hydrogens is 285 g/mol. The van der Waals surface area contributed by atoms with Crippen LogP contribution in [0, 0.1) is 0 Å². The smallest absolute Gasteiger partial charge is 0.419 e. The lowest BCUT2D eigenvalue weighted by atomic mass is 10.0. The Morgan fingerprint density at radius 3 is 2.00 bits per heavy atom. The van der Waals surface area contributed by atoms with Crippen LogP contribution in [0.5, 0.6) is 17.2 Å². The first-order chi connectivity index (χ1) is 9.86. The molecule has 3 nitrogen and oxygen atoms in total. The van der Waals surface area contributed by atoms with Gasteiger partial charge in [0.1, 0.15) is 5.75 Å². The number of aromatic hydroxyl groups is 1. The van der Waals surface area contributed by atoms with Crippen LogP contribution < -0.4 is 9.47 Å². The van der Waals surface area contributed by atoms with Gasteiger partial charge in [-0.2, -0.15) is 13.2 Å².